The van der Waals surface area contributed by atoms with E-state index in [1.54, 1.807) is 6.07 Å². The summed E-state index contributed by atoms with van der Waals surface area (Å²) in [5.74, 6) is -1.68. The van der Waals surface area contributed by atoms with Gasteiger partial charge in [0.05, 0.1) is 5.69 Å². The molecular formula is C11H10FN5O2. The molecule has 0 radical (unpaired) electrons. The van der Waals surface area contributed by atoms with E-state index >= 15 is 0 Å². The van der Waals surface area contributed by atoms with Gasteiger partial charge in [-0.3, -0.25) is 9.59 Å². The molecule has 7 nitrogen and oxygen atoms in total. The molecule has 98 valence electrons. The molecule has 0 saturated carbocycles. The molecule has 0 aliphatic heterocycles. The third-order valence-corrected chi connectivity index (χ3v) is 2.25. The number of carbonyl (C=O) groups is 1. The Hall–Kier alpha value is -2.77. The fourth-order valence-corrected chi connectivity index (χ4v) is 1.38. The zero-order valence-electron chi connectivity index (χ0n) is 9.92. The molecule has 19 heavy (non-hydrogen) atoms. The van der Waals surface area contributed by atoms with E-state index in [1.165, 1.54) is 18.2 Å². The van der Waals surface area contributed by atoms with Gasteiger partial charge in [0.1, 0.15) is 5.82 Å². The van der Waals surface area contributed by atoms with Gasteiger partial charge in [-0.1, -0.05) is 12.1 Å². The van der Waals surface area contributed by atoms with Crippen molar-refractivity contribution in [2.45, 2.75) is 6.92 Å². The molecule has 1 aromatic heterocycles. The van der Waals surface area contributed by atoms with Crippen molar-refractivity contribution < 1.29 is 9.18 Å². The van der Waals surface area contributed by atoms with Crippen molar-refractivity contribution in [1.82, 2.24) is 14.8 Å². The topological polar surface area (TPSA) is 103 Å². The van der Waals surface area contributed by atoms with Gasteiger partial charge in [-0.2, -0.15) is 9.67 Å². The number of nitrogens with two attached hydrogens (primary N) is 1. The molecule has 1 heterocycles. The van der Waals surface area contributed by atoms with Crippen molar-refractivity contribution in [2.24, 2.45) is 0 Å². The van der Waals surface area contributed by atoms with E-state index in [1.807, 2.05) is 0 Å². The number of nitrogens with one attached hydrogen (secondary N) is 1. The highest BCUT2D eigenvalue weighted by molar-refractivity contribution is 5.75. The van der Waals surface area contributed by atoms with E-state index < -0.39 is 23.1 Å². The molecule has 2 aromatic rings. The number of anilines is 3. The Labute approximate surface area is 106 Å². The van der Waals surface area contributed by atoms with Crippen LogP contribution in [-0.2, 0) is 0 Å². The lowest BCUT2D eigenvalue weighted by Crippen LogP contribution is -2.31. The Morgan fingerprint density at radius 1 is 1.42 bits per heavy atom. The largest absolute Gasteiger partial charge is 0.379 e. The normalized spacial score (nSPS) is 10.2. The fraction of sp³-hybridized carbons (Fsp3) is 0.0909. The Morgan fingerprint density at radius 2 is 2.11 bits per heavy atom. The monoisotopic (exact) mass is 263 g/mol. The minimum absolute atomic E-state index is 0.107. The summed E-state index contributed by atoms with van der Waals surface area (Å²) in [6.45, 7) is 1.15. The van der Waals surface area contributed by atoms with Crippen molar-refractivity contribution in [3.63, 3.8) is 0 Å². The summed E-state index contributed by atoms with van der Waals surface area (Å²) < 4.78 is 14.0. The van der Waals surface area contributed by atoms with Gasteiger partial charge in [0.2, 0.25) is 11.9 Å². The van der Waals surface area contributed by atoms with Gasteiger partial charge in [-0.25, -0.2) is 4.39 Å². The number of carbonyl (C=O) groups excluding carboxylic acids is 1. The van der Waals surface area contributed by atoms with E-state index in [2.05, 4.69) is 15.4 Å². The van der Waals surface area contributed by atoms with E-state index in [4.69, 9.17) is 5.73 Å². The van der Waals surface area contributed by atoms with Crippen molar-refractivity contribution in [3.8, 4) is 0 Å². The molecule has 3 N–H and O–H groups in total. The highest BCUT2D eigenvalue weighted by atomic mass is 19.1. The van der Waals surface area contributed by atoms with Crippen molar-refractivity contribution in [3.05, 3.63) is 40.4 Å². The van der Waals surface area contributed by atoms with Crippen LogP contribution < -0.4 is 16.6 Å². The fourth-order valence-electron chi connectivity index (χ4n) is 1.38. The highest BCUT2D eigenvalue weighted by Crippen LogP contribution is 2.16. The zero-order chi connectivity index (χ0) is 14.0. The average molecular weight is 263 g/mol. The standard InChI is InChI=1S/C11H10FN5O2/c1-6(18)17-10(19)9(13)15-11(16-17)14-8-5-3-2-4-7(8)12/h2-5H,1H3,(H3,13,14,15,16). The van der Waals surface area contributed by atoms with Crippen molar-refractivity contribution in [2.75, 3.05) is 11.1 Å². The number of aromatic nitrogens is 3. The van der Waals surface area contributed by atoms with Crippen LogP contribution in [0.25, 0.3) is 0 Å². The van der Waals surface area contributed by atoms with E-state index in [0.717, 1.165) is 6.92 Å². The minimum Gasteiger partial charge on any atom is -0.379 e. The van der Waals surface area contributed by atoms with Crippen LogP contribution in [0, 0.1) is 5.82 Å². The lowest BCUT2D eigenvalue weighted by molar-refractivity contribution is 0.0915. The number of halogens is 1. The lowest BCUT2D eigenvalue weighted by atomic mass is 10.3. The molecule has 8 heteroatoms. The minimum atomic E-state index is -0.813. The van der Waals surface area contributed by atoms with Gasteiger partial charge < -0.3 is 11.1 Å². The number of nitrogens with zero attached hydrogens (tertiary/aromatic N) is 3. The second-order valence-electron chi connectivity index (χ2n) is 3.66. The van der Waals surface area contributed by atoms with Crippen LogP contribution in [0.2, 0.25) is 0 Å². The molecule has 0 fully saturated rings. The van der Waals surface area contributed by atoms with Gasteiger partial charge >= 0.3 is 5.56 Å². The SMILES string of the molecule is CC(=O)n1nc(Nc2ccccc2F)nc(N)c1=O. The molecule has 0 amide bonds. The van der Waals surface area contributed by atoms with Crippen LogP contribution >= 0.6 is 0 Å². The second-order valence-corrected chi connectivity index (χ2v) is 3.66. The van der Waals surface area contributed by atoms with Crippen molar-refractivity contribution >= 4 is 23.4 Å². The first-order valence-electron chi connectivity index (χ1n) is 5.28. The molecule has 0 aliphatic rings. The smallest absolute Gasteiger partial charge is 0.316 e. The van der Waals surface area contributed by atoms with E-state index in [-0.39, 0.29) is 11.6 Å². The van der Waals surface area contributed by atoms with Crippen LogP contribution in [0.4, 0.5) is 21.8 Å². The van der Waals surface area contributed by atoms with Crippen LogP contribution in [0.15, 0.2) is 29.1 Å². The summed E-state index contributed by atoms with van der Waals surface area (Å²) in [6, 6.07) is 5.83. The van der Waals surface area contributed by atoms with Crippen LogP contribution in [-0.4, -0.2) is 20.7 Å². The van der Waals surface area contributed by atoms with Crippen LogP contribution in [0.3, 0.4) is 0 Å². The summed E-state index contributed by atoms with van der Waals surface area (Å²) in [7, 11) is 0. The molecule has 0 unspecified atom stereocenters. The third kappa shape index (κ3) is 2.57. The lowest BCUT2D eigenvalue weighted by Gasteiger charge is -2.07. The number of benzene rings is 1. The molecular weight excluding hydrogens is 253 g/mol. The molecule has 0 atom stereocenters. The zero-order valence-corrected chi connectivity index (χ0v) is 9.92. The third-order valence-electron chi connectivity index (χ3n) is 2.25. The highest BCUT2D eigenvalue weighted by Gasteiger charge is 2.11. The maximum absolute atomic E-state index is 13.4. The first kappa shape index (κ1) is 12.7. The molecule has 0 spiro atoms. The molecule has 0 saturated heterocycles. The Bertz CT molecular complexity index is 698. The van der Waals surface area contributed by atoms with Crippen molar-refractivity contribution in [1.29, 1.82) is 0 Å². The predicted octanol–water partition coefficient (Wildman–Crippen LogP) is 0.763. The second kappa shape index (κ2) is 4.84. The number of rotatable bonds is 2. The van der Waals surface area contributed by atoms with Crippen LogP contribution in [0.5, 0.6) is 0 Å². The van der Waals surface area contributed by atoms with E-state index in [9.17, 15) is 14.0 Å². The van der Waals surface area contributed by atoms with Gasteiger partial charge in [-0.05, 0) is 12.1 Å². The predicted molar refractivity (Wildman–Crippen MR) is 66.7 cm³/mol. The maximum Gasteiger partial charge on any atom is 0.316 e. The number of para-hydroxylation sites is 1. The molecule has 1 aromatic carbocycles. The maximum atomic E-state index is 13.4. The summed E-state index contributed by atoms with van der Waals surface area (Å²) in [5.41, 5.74) is 4.67. The summed E-state index contributed by atoms with van der Waals surface area (Å²) >= 11 is 0. The summed E-state index contributed by atoms with van der Waals surface area (Å²) in [4.78, 5) is 26.3. The van der Waals surface area contributed by atoms with E-state index in [0.29, 0.717) is 4.68 Å². The van der Waals surface area contributed by atoms with Gasteiger partial charge in [-0.15, -0.1) is 5.10 Å². The number of nitrogen functional groups attached to an aromatic ring is 1. The molecule has 2 rings (SSSR count). The quantitative estimate of drug-likeness (QED) is 0.829. The van der Waals surface area contributed by atoms with Crippen LogP contribution in [0.1, 0.15) is 11.7 Å². The van der Waals surface area contributed by atoms with Gasteiger partial charge in [0, 0.05) is 6.92 Å². The first-order chi connectivity index (χ1) is 8.99. The molecule has 0 bridgehead atoms. The Kier molecular flexibility index (Phi) is 3.23. The Morgan fingerprint density at radius 3 is 2.74 bits per heavy atom. The van der Waals surface area contributed by atoms with Gasteiger partial charge in [0.25, 0.3) is 0 Å². The summed E-state index contributed by atoms with van der Waals surface area (Å²) in [5, 5.41) is 6.20. The molecule has 0 aliphatic carbocycles. The van der Waals surface area contributed by atoms with Gasteiger partial charge in [0.15, 0.2) is 5.82 Å². The Balaban J connectivity index is 2.45. The number of hydrogen-bond donors (Lipinski definition) is 2. The summed E-state index contributed by atoms with van der Waals surface area (Å²) in [6.07, 6.45) is 0. The first-order valence-corrected chi connectivity index (χ1v) is 5.28. The average Bonchev–Trinajstić information content (AvgIpc) is 2.36. The number of hydrogen-bond acceptors (Lipinski definition) is 6.